The molecule has 126 valence electrons. The van der Waals surface area contributed by atoms with Crippen LogP contribution in [0.25, 0.3) is 0 Å². The first-order chi connectivity index (χ1) is 11.0. The maximum absolute atomic E-state index is 11.8. The summed E-state index contributed by atoms with van der Waals surface area (Å²) in [4.78, 5) is 22.9. The average molecular weight is 341 g/mol. The largest absolute Gasteiger partial charge is 0.496 e. The molecule has 2 atom stereocenters. The Morgan fingerprint density at radius 3 is 2.83 bits per heavy atom. The van der Waals surface area contributed by atoms with Gasteiger partial charge in [-0.05, 0) is 18.2 Å². The molecular formula is C15H21ClN4O3. The highest BCUT2D eigenvalue weighted by atomic mass is 35.5. The number of benzene rings is 1. The summed E-state index contributed by atoms with van der Waals surface area (Å²) >= 11 is 6.04. The molecule has 1 saturated heterocycles. The van der Waals surface area contributed by atoms with Gasteiger partial charge in [0.1, 0.15) is 5.75 Å². The van der Waals surface area contributed by atoms with Gasteiger partial charge in [0.2, 0.25) is 11.8 Å². The van der Waals surface area contributed by atoms with Gasteiger partial charge in [-0.25, -0.2) is 10.9 Å². The number of amides is 2. The van der Waals surface area contributed by atoms with Gasteiger partial charge >= 0.3 is 0 Å². The van der Waals surface area contributed by atoms with Crippen LogP contribution in [0, 0.1) is 0 Å². The number of hydrazine groups is 1. The third kappa shape index (κ3) is 4.82. The molecule has 1 aliphatic heterocycles. The normalized spacial score (nSPS) is 20.1. The first-order valence-corrected chi connectivity index (χ1v) is 7.81. The highest BCUT2D eigenvalue weighted by Gasteiger charge is 2.28. The second-order valence-electron chi connectivity index (χ2n) is 5.21. The number of methoxy groups -OCH3 is 1. The molecule has 1 aromatic carbocycles. The van der Waals surface area contributed by atoms with Crippen molar-refractivity contribution >= 4 is 23.4 Å². The summed E-state index contributed by atoms with van der Waals surface area (Å²) in [5, 5.41) is 5.97. The number of halogens is 1. The van der Waals surface area contributed by atoms with Crippen molar-refractivity contribution in [2.45, 2.75) is 32.0 Å². The second kappa shape index (κ2) is 8.14. The van der Waals surface area contributed by atoms with Gasteiger partial charge in [-0.2, -0.15) is 0 Å². The fraction of sp³-hybridized carbons (Fsp3) is 0.467. The van der Waals surface area contributed by atoms with Gasteiger partial charge < -0.3 is 15.4 Å². The van der Waals surface area contributed by atoms with E-state index in [-0.39, 0.29) is 30.6 Å². The first-order valence-electron chi connectivity index (χ1n) is 7.44. The zero-order valence-corrected chi connectivity index (χ0v) is 13.9. The van der Waals surface area contributed by atoms with E-state index in [1.54, 1.807) is 20.1 Å². The Kier molecular flexibility index (Phi) is 6.20. The van der Waals surface area contributed by atoms with Crippen LogP contribution in [0.1, 0.15) is 31.4 Å². The predicted molar refractivity (Wildman–Crippen MR) is 86.9 cm³/mol. The fourth-order valence-electron chi connectivity index (χ4n) is 2.38. The summed E-state index contributed by atoms with van der Waals surface area (Å²) in [7, 11) is 1.60. The summed E-state index contributed by atoms with van der Waals surface area (Å²) in [6.45, 7) is 1.70. The number of rotatable bonds is 6. The Hall–Kier alpha value is -1.83. The van der Waals surface area contributed by atoms with Crippen molar-refractivity contribution in [3.8, 4) is 5.75 Å². The highest BCUT2D eigenvalue weighted by Crippen LogP contribution is 2.31. The van der Waals surface area contributed by atoms with Crippen molar-refractivity contribution in [1.82, 2.24) is 21.5 Å². The maximum Gasteiger partial charge on any atom is 0.240 e. The monoisotopic (exact) mass is 340 g/mol. The molecule has 0 aromatic heterocycles. The van der Waals surface area contributed by atoms with Crippen molar-refractivity contribution in [3.05, 3.63) is 28.8 Å². The van der Waals surface area contributed by atoms with Crippen LogP contribution in [0.5, 0.6) is 5.75 Å². The third-order valence-corrected chi connectivity index (χ3v) is 3.81. The van der Waals surface area contributed by atoms with E-state index in [4.69, 9.17) is 16.3 Å². The van der Waals surface area contributed by atoms with E-state index in [0.717, 1.165) is 11.3 Å². The van der Waals surface area contributed by atoms with E-state index < -0.39 is 0 Å². The van der Waals surface area contributed by atoms with Gasteiger partial charge in [0.25, 0.3) is 0 Å². The third-order valence-electron chi connectivity index (χ3n) is 3.57. The van der Waals surface area contributed by atoms with Gasteiger partial charge in [-0.15, -0.1) is 0 Å². The zero-order chi connectivity index (χ0) is 16.8. The molecule has 4 N–H and O–H groups in total. The summed E-state index contributed by atoms with van der Waals surface area (Å²) < 4.78 is 5.35. The van der Waals surface area contributed by atoms with Crippen LogP contribution in [-0.4, -0.2) is 31.6 Å². The molecule has 0 saturated carbocycles. The minimum absolute atomic E-state index is 0.0317. The average Bonchev–Trinajstić information content (AvgIpc) is 3.00. The van der Waals surface area contributed by atoms with E-state index in [0.29, 0.717) is 17.9 Å². The lowest BCUT2D eigenvalue weighted by Crippen LogP contribution is -2.47. The van der Waals surface area contributed by atoms with E-state index in [1.807, 2.05) is 12.1 Å². The van der Waals surface area contributed by atoms with Crippen molar-refractivity contribution in [2.24, 2.45) is 0 Å². The molecule has 7 nitrogen and oxygen atoms in total. The van der Waals surface area contributed by atoms with Crippen LogP contribution >= 0.6 is 11.6 Å². The van der Waals surface area contributed by atoms with E-state index in [9.17, 15) is 9.59 Å². The molecule has 2 unspecified atom stereocenters. The Labute approximate surface area is 140 Å². The summed E-state index contributed by atoms with van der Waals surface area (Å²) in [5.74, 6) is 0.333. The lowest BCUT2D eigenvalue weighted by Gasteiger charge is -2.15. The zero-order valence-electron chi connectivity index (χ0n) is 13.1. The maximum atomic E-state index is 11.8. The molecule has 0 spiro atoms. The summed E-state index contributed by atoms with van der Waals surface area (Å²) in [6, 6.07) is 5.37. The Morgan fingerprint density at radius 1 is 1.35 bits per heavy atom. The molecule has 1 aliphatic rings. The van der Waals surface area contributed by atoms with Gasteiger partial charge in [-0.3, -0.25) is 9.59 Å². The molecule has 1 fully saturated rings. The number of hydrogen-bond donors (Lipinski definition) is 4. The number of ether oxygens (including phenoxy) is 1. The van der Waals surface area contributed by atoms with E-state index in [1.165, 1.54) is 0 Å². The van der Waals surface area contributed by atoms with Crippen LogP contribution in [0.2, 0.25) is 5.02 Å². The van der Waals surface area contributed by atoms with Crippen molar-refractivity contribution in [3.63, 3.8) is 0 Å². The Balaban J connectivity index is 1.90. The fourth-order valence-corrected chi connectivity index (χ4v) is 2.56. The van der Waals surface area contributed by atoms with Crippen LogP contribution in [0.4, 0.5) is 0 Å². The second-order valence-corrected chi connectivity index (χ2v) is 5.65. The summed E-state index contributed by atoms with van der Waals surface area (Å²) in [6.07, 6.45) is 0.742. The van der Waals surface area contributed by atoms with Gasteiger partial charge in [0, 0.05) is 23.4 Å². The van der Waals surface area contributed by atoms with Crippen LogP contribution in [0.3, 0.4) is 0 Å². The molecule has 0 radical (unpaired) electrons. The van der Waals surface area contributed by atoms with Crippen LogP contribution < -0.4 is 26.2 Å². The van der Waals surface area contributed by atoms with Crippen molar-refractivity contribution in [2.75, 3.05) is 13.7 Å². The van der Waals surface area contributed by atoms with Crippen molar-refractivity contribution < 1.29 is 14.3 Å². The van der Waals surface area contributed by atoms with Crippen LogP contribution in [-0.2, 0) is 9.59 Å². The molecule has 1 heterocycles. The molecule has 2 rings (SSSR count). The van der Waals surface area contributed by atoms with Gasteiger partial charge in [0.15, 0.2) is 0 Å². The molecule has 8 heteroatoms. The summed E-state index contributed by atoms with van der Waals surface area (Å²) in [5.41, 5.74) is 7.05. The quantitative estimate of drug-likeness (QED) is 0.616. The molecule has 0 aliphatic carbocycles. The van der Waals surface area contributed by atoms with Gasteiger partial charge in [0.05, 0.1) is 25.9 Å². The molecule has 23 heavy (non-hydrogen) atoms. The number of nitrogens with one attached hydrogen (secondary N) is 4. The molecule has 1 aromatic rings. The van der Waals surface area contributed by atoms with Crippen LogP contribution in [0.15, 0.2) is 18.2 Å². The highest BCUT2D eigenvalue weighted by molar-refractivity contribution is 6.30. The Morgan fingerprint density at radius 2 is 2.13 bits per heavy atom. The number of carbonyl (C=O) groups excluding carboxylic acids is 2. The van der Waals surface area contributed by atoms with Gasteiger partial charge in [-0.1, -0.05) is 18.5 Å². The number of carbonyl (C=O) groups is 2. The van der Waals surface area contributed by atoms with Crippen molar-refractivity contribution in [1.29, 1.82) is 0 Å². The predicted octanol–water partition coefficient (Wildman–Crippen LogP) is 0.856. The molecule has 2 amide bonds. The lowest BCUT2D eigenvalue weighted by molar-refractivity contribution is -0.126. The molecule has 0 bridgehead atoms. The standard InChI is InChI=1S/C15H21ClN4O3/c1-3-14(21)17-8-15(22)18-13-7-11(19-20-13)10-6-9(16)4-5-12(10)23-2/h4-6,11,13,19-20H,3,7-8H2,1-2H3,(H,17,21)(H,18,22). The Bertz CT molecular complexity index is 582. The topological polar surface area (TPSA) is 91.5 Å². The van der Waals surface area contributed by atoms with E-state index in [2.05, 4.69) is 21.5 Å². The lowest BCUT2D eigenvalue weighted by atomic mass is 10.0. The first kappa shape index (κ1) is 17.5. The number of hydrogen-bond acceptors (Lipinski definition) is 5. The molecular weight excluding hydrogens is 320 g/mol. The minimum atomic E-state index is -0.246. The smallest absolute Gasteiger partial charge is 0.240 e. The SMILES string of the molecule is CCC(=O)NCC(=O)NC1CC(c2cc(Cl)ccc2OC)NN1. The van der Waals surface area contributed by atoms with E-state index >= 15 is 0 Å². The minimum Gasteiger partial charge on any atom is -0.496 e.